The maximum Gasteiger partial charge on any atom is 0.141 e. The van der Waals surface area contributed by atoms with Gasteiger partial charge in [0.2, 0.25) is 0 Å². The molecule has 3 rings (SSSR count). The van der Waals surface area contributed by atoms with Crippen LogP contribution in [0.1, 0.15) is 0 Å². The lowest BCUT2D eigenvalue weighted by atomic mass is 10.2. The van der Waals surface area contributed by atoms with Crippen LogP contribution >= 0.6 is 11.6 Å². The number of halogens is 1. The Hall–Kier alpha value is -2.04. The van der Waals surface area contributed by atoms with Crippen LogP contribution in [0.5, 0.6) is 0 Å². The van der Waals surface area contributed by atoms with Gasteiger partial charge >= 0.3 is 0 Å². The van der Waals surface area contributed by atoms with Crippen LogP contribution in [-0.4, -0.2) is 23.3 Å². The molecule has 0 fully saturated rings. The maximum absolute atomic E-state index is 6.13. The van der Waals surface area contributed by atoms with E-state index in [9.17, 15) is 0 Å². The first kappa shape index (κ1) is 13.9. The first-order valence-corrected chi connectivity index (χ1v) is 7.08. The summed E-state index contributed by atoms with van der Waals surface area (Å²) in [5.74, 6) is 0.871. The topological polar surface area (TPSA) is 53.1 Å². The van der Waals surface area contributed by atoms with Crippen molar-refractivity contribution in [3.05, 3.63) is 47.5 Å². The van der Waals surface area contributed by atoms with Gasteiger partial charge in [0.15, 0.2) is 0 Å². The molecule has 0 radical (unpaired) electrons. The summed E-state index contributed by atoms with van der Waals surface area (Å²) in [6, 6.07) is 13.6. The van der Waals surface area contributed by atoms with Crippen LogP contribution in [-0.2, 0) is 11.3 Å². The Balaban J connectivity index is 2.17. The van der Waals surface area contributed by atoms with Crippen molar-refractivity contribution in [1.82, 2.24) is 9.55 Å². The molecule has 0 bridgehead atoms. The Morgan fingerprint density at radius 2 is 2.05 bits per heavy atom. The minimum atomic E-state index is 0.540. The third kappa shape index (κ3) is 2.60. The van der Waals surface area contributed by atoms with Gasteiger partial charge in [-0.1, -0.05) is 23.7 Å². The number of anilines is 1. The van der Waals surface area contributed by atoms with Crippen LogP contribution < -0.4 is 5.73 Å². The van der Waals surface area contributed by atoms with Gasteiger partial charge in [-0.15, -0.1) is 0 Å². The van der Waals surface area contributed by atoms with E-state index in [0.717, 1.165) is 29.0 Å². The first-order chi connectivity index (χ1) is 10.2. The van der Waals surface area contributed by atoms with Gasteiger partial charge in [-0.05, 0) is 30.3 Å². The standard InChI is InChI=1S/C16H16ClN3O/c1-21-9-8-20-15-5-3-2-4-14(15)19-16(20)11-6-7-13(18)12(17)10-11/h2-7,10H,8-9,18H2,1H3. The highest BCUT2D eigenvalue weighted by Crippen LogP contribution is 2.29. The van der Waals surface area contributed by atoms with Crippen molar-refractivity contribution < 1.29 is 4.74 Å². The minimum absolute atomic E-state index is 0.540. The average Bonchev–Trinajstić information content (AvgIpc) is 2.86. The Morgan fingerprint density at radius 1 is 1.24 bits per heavy atom. The molecule has 0 aliphatic heterocycles. The van der Waals surface area contributed by atoms with Crippen LogP contribution in [0.2, 0.25) is 5.02 Å². The normalized spacial score (nSPS) is 11.1. The molecule has 0 saturated heterocycles. The molecule has 0 aliphatic carbocycles. The maximum atomic E-state index is 6.13. The SMILES string of the molecule is COCCn1c(-c2ccc(N)c(Cl)c2)nc2ccccc21. The fourth-order valence-corrected chi connectivity index (χ4v) is 2.55. The van der Waals surface area contributed by atoms with Crippen LogP contribution in [0, 0.1) is 0 Å². The van der Waals surface area contributed by atoms with E-state index in [1.807, 2.05) is 30.3 Å². The lowest BCUT2D eigenvalue weighted by Gasteiger charge is -2.09. The van der Waals surface area contributed by atoms with Gasteiger partial charge in [-0.3, -0.25) is 0 Å². The van der Waals surface area contributed by atoms with E-state index in [4.69, 9.17) is 27.1 Å². The number of nitrogen functional groups attached to an aromatic ring is 1. The summed E-state index contributed by atoms with van der Waals surface area (Å²) in [7, 11) is 1.69. The summed E-state index contributed by atoms with van der Waals surface area (Å²) in [6.45, 7) is 1.35. The highest BCUT2D eigenvalue weighted by atomic mass is 35.5. The molecular weight excluding hydrogens is 286 g/mol. The number of imidazole rings is 1. The van der Waals surface area contributed by atoms with Crippen LogP contribution in [0.3, 0.4) is 0 Å². The molecule has 108 valence electrons. The molecule has 0 amide bonds. The summed E-state index contributed by atoms with van der Waals surface area (Å²) in [5.41, 5.74) is 9.33. The van der Waals surface area contributed by atoms with Crippen molar-refractivity contribution in [3.63, 3.8) is 0 Å². The molecule has 0 atom stereocenters. The number of aromatic nitrogens is 2. The third-order valence-electron chi connectivity index (χ3n) is 3.43. The van der Waals surface area contributed by atoms with Crippen LogP contribution in [0.25, 0.3) is 22.4 Å². The quantitative estimate of drug-likeness (QED) is 0.749. The Morgan fingerprint density at radius 3 is 2.81 bits per heavy atom. The number of hydrogen-bond acceptors (Lipinski definition) is 3. The van der Waals surface area contributed by atoms with Gasteiger partial charge in [0, 0.05) is 19.2 Å². The second kappa shape index (κ2) is 5.76. The van der Waals surface area contributed by atoms with E-state index < -0.39 is 0 Å². The monoisotopic (exact) mass is 301 g/mol. The number of methoxy groups -OCH3 is 1. The fourth-order valence-electron chi connectivity index (χ4n) is 2.37. The predicted molar refractivity (Wildman–Crippen MR) is 86.5 cm³/mol. The molecule has 3 aromatic rings. The number of nitrogens with two attached hydrogens (primary N) is 1. The summed E-state index contributed by atoms with van der Waals surface area (Å²) in [6.07, 6.45) is 0. The lowest BCUT2D eigenvalue weighted by molar-refractivity contribution is 0.188. The van der Waals surface area contributed by atoms with Crippen molar-refractivity contribution in [3.8, 4) is 11.4 Å². The molecular formula is C16H16ClN3O. The van der Waals surface area contributed by atoms with Crippen molar-refractivity contribution in [1.29, 1.82) is 0 Å². The van der Waals surface area contributed by atoms with Crippen LogP contribution in [0.4, 0.5) is 5.69 Å². The van der Waals surface area contributed by atoms with Crippen molar-refractivity contribution in [2.24, 2.45) is 0 Å². The molecule has 5 heteroatoms. The largest absolute Gasteiger partial charge is 0.398 e. The van der Waals surface area contributed by atoms with Gasteiger partial charge < -0.3 is 15.0 Å². The van der Waals surface area contributed by atoms with E-state index in [0.29, 0.717) is 17.3 Å². The number of fused-ring (bicyclic) bond motifs is 1. The smallest absolute Gasteiger partial charge is 0.141 e. The average molecular weight is 302 g/mol. The van der Waals surface area contributed by atoms with Crippen LogP contribution in [0.15, 0.2) is 42.5 Å². The van der Waals surface area contributed by atoms with Crippen molar-refractivity contribution in [2.75, 3.05) is 19.5 Å². The molecule has 0 unspecified atom stereocenters. The first-order valence-electron chi connectivity index (χ1n) is 6.70. The molecule has 4 nitrogen and oxygen atoms in total. The zero-order valence-corrected chi connectivity index (χ0v) is 12.5. The van der Waals surface area contributed by atoms with Gasteiger partial charge in [0.1, 0.15) is 5.82 Å². The summed E-state index contributed by atoms with van der Waals surface area (Å²) < 4.78 is 7.34. The molecule has 0 aliphatic rings. The van der Waals surface area contributed by atoms with E-state index in [1.165, 1.54) is 0 Å². The number of nitrogens with zero attached hydrogens (tertiary/aromatic N) is 2. The second-order valence-electron chi connectivity index (χ2n) is 4.80. The predicted octanol–water partition coefficient (Wildman–Crippen LogP) is 3.59. The Bertz CT molecular complexity index is 782. The Kier molecular flexibility index (Phi) is 3.82. The number of ether oxygens (including phenoxy) is 1. The third-order valence-corrected chi connectivity index (χ3v) is 3.76. The number of para-hydroxylation sites is 2. The lowest BCUT2D eigenvalue weighted by Crippen LogP contribution is -2.06. The number of rotatable bonds is 4. The van der Waals surface area contributed by atoms with E-state index in [-0.39, 0.29) is 0 Å². The van der Waals surface area contributed by atoms with Crippen molar-refractivity contribution in [2.45, 2.75) is 6.54 Å². The molecule has 0 spiro atoms. The summed E-state index contributed by atoms with van der Waals surface area (Å²) in [5, 5.41) is 0.540. The van der Waals surface area contributed by atoms with Gasteiger partial charge in [0.05, 0.1) is 28.4 Å². The van der Waals surface area contributed by atoms with E-state index in [1.54, 1.807) is 13.2 Å². The fraction of sp³-hybridized carbons (Fsp3) is 0.188. The highest BCUT2D eigenvalue weighted by molar-refractivity contribution is 6.33. The zero-order chi connectivity index (χ0) is 14.8. The van der Waals surface area contributed by atoms with Gasteiger partial charge in [0.25, 0.3) is 0 Å². The summed E-state index contributed by atoms with van der Waals surface area (Å²) >= 11 is 6.13. The molecule has 2 aromatic carbocycles. The van der Waals surface area contributed by atoms with Gasteiger partial charge in [-0.25, -0.2) is 4.98 Å². The summed E-state index contributed by atoms with van der Waals surface area (Å²) in [4.78, 5) is 4.71. The zero-order valence-electron chi connectivity index (χ0n) is 11.7. The number of hydrogen-bond donors (Lipinski definition) is 1. The van der Waals surface area contributed by atoms with E-state index >= 15 is 0 Å². The second-order valence-corrected chi connectivity index (χ2v) is 5.21. The molecule has 2 N–H and O–H groups in total. The molecule has 0 saturated carbocycles. The van der Waals surface area contributed by atoms with Crippen molar-refractivity contribution >= 4 is 28.3 Å². The minimum Gasteiger partial charge on any atom is -0.398 e. The van der Waals surface area contributed by atoms with Gasteiger partial charge in [-0.2, -0.15) is 0 Å². The number of benzene rings is 2. The molecule has 1 aromatic heterocycles. The highest BCUT2D eigenvalue weighted by Gasteiger charge is 2.13. The van der Waals surface area contributed by atoms with E-state index in [2.05, 4.69) is 10.6 Å². The Labute approximate surface area is 128 Å². The molecule has 21 heavy (non-hydrogen) atoms. The molecule has 1 heterocycles.